The van der Waals surface area contributed by atoms with Crippen molar-refractivity contribution in [1.29, 1.82) is 0 Å². The third-order valence-corrected chi connectivity index (χ3v) is 7.94. The summed E-state index contributed by atoms with van der Waals surface area (Å²) in [5, 5.41) is 1.63. The van der Waals surface area contributed by atoms with Gasteiger partial charge in [-0.2, -0.15) is 0 Å². The van der Waals surface area contributed by atoms with Crippen LogP contribution in [0.5, 0.6) is 0 Å². The number of hydrogen-bond acceptors (Lipinski definition) is 4. The number of aromatic nitrogens is 2. The Kier molecular flexibility index (Phi) is 6.45. The maximum Gasteiger partial charge on any atom is 0.232 e. The first-order chi connectivity index (χ1) is 19.0. The number of ketones is 2. The molecule has 0 saturated carbocycles. The summed E-state index contributed by atoms with van der Waals surface area (Å²) >= 11 is 0. The molecule has 1 N–H and O–H groups in total. The molecular weight excluding hydrogens is 500 g/mol. The van der Waals surface area contributed by atoms with Gasteiger partial charge in [0.25, 0.3) is 0 Å². The number of carbonyl (C=O) groups excluding carboxylic acids is 2. The van der Waals surface area contributed by atoms with Crippen LogP contribution in [0.1, 0.15) is 44.5 Å². The van der Waals surface area contributed by atoms with Crippen LogP contribution in [0.3, 0.4) is 0 Å². The third-order valence-electron chi connectivity index (χ3n) is 7.94. The number of fused-ring (bicyclic) bond motifs is 2. The molecule has 204 valence electrons. The highest BCUT2D eigenvalue weighted by Gasteiger charge is 2.42. The number of rotatable bonds is 8. The first-order valence-corrected chi connectivity index (χ1v) is 13.2. The fourth-order valence-corrected chi connectivity index (χ4v) is 5.46. The fourth-order valence-electron chi connectivity index (χ4n) is 5.46. The lowest BCUT2D eigenvalue weighted by atomic mass is 9.80. The quantitative estimate of drug-likeness (QED) is 0.194. The Labute approximate surface area is 234 Å². The van der Waals surface area contributed by atoms with Crippen molar-refractivity contribution in [2.45, 2.75) is 38.6 Å². The Morgan fingerprint density at radius 3 is 2.00 bits per heavy atom. The second kappa shape index (κ2) is 9.56. The number of ether oxygens (including phenoxy) is 2. The van der Waals surface area contributed by atoms with E-state index < -0.39 is 22.5 Å². The van der Waals surface area contributed by atoms with Gasteiger partial charge >= 0.3 is 0 Å². The summed E-state index contributed by atoms with van der Waals surface area (Å²) in [6.07, 6.45) is 5.56. The molecule has 5 rings (SSSR count). The molecule has 2 heterocycles. The standard InChI is InChI=1S/C34H34N2O4/c1-9-33(3,4)32-25(21-16-11-13-17-23(21)35-32)27-29(38)30(39-7)26(28(37)31(27)40-8)22-19-36(34(5,6)10-2)24-18-14-12-15-20(22)24/h9-19,35H,1-2H2,3-8H3. The second-order valence-corrected chi connectivity index (χ2v) is 11.1. The Bertz CT molecular complexity index is 1790. The number of aromatic amines is 1. The van der Waals surface area contributed by atoms with Crippen LogP contribution in [0.2, 0.25) is 0 Å². The SMILES string of the molecule is C=CC(C)(C)c1[nH]c2ccccc2c1C1=C(OC)C(=O)C(c2cn(C(C)(C)C=C)c3ccccc23)=C(OC)C1=O. The average Bonchev–Trinajstić information content (AvgIpc) is 3.54. The van der Waals surface area contributed by atoms with Crippen molar-refractivity contribution >= 4 is 44.5 Å². The van der Waals surface area contributed by atoms with Crippen LogP contribution in [0.25, 0.3) is 33.0 Å². The highest BCUT2D eigenvalue weighted by molar-refractivity contribution is 6.48. The van der Waals surface area contributed by atoms with Crippen molar-refractivity contribution in [1.82, 2.24) is 9.55 Å². The molecule has 1 aliphatic carbocycles. The number of allylic oxidation sites excluding steroid dienone is 4. The van der Waals surface area contributed by atoms with Gasteiger partial charge in [0, 0.05) is 50.2 Å². The van der Waals surface area contributed by atoms with Crippen LogP contribution < -0.4 is 0 Å². The first kappa shape index (κ1) is 27.0. The van der Waals surface area contributed by atoms with Gasteiger partial charge in [-0.3, -0.25) is 9.59 Å². The van der Waals surface area contributed by atoms with Gasteiger partial charge in [-0.1, -0.05) is 62.4 Å². The lowest BCUT2D eigenvalue weighted by Gasteiger charge is -2.26. The van der Waals surface area contributed by atoms with E-state index >= 15 is 0 Å². The van der Waals surface area contributed by atoms with E-state index in [1.165, 1.54) is 14.2 Å². The zero-order chi connectivity index (χ0) is 29.0. The zero-order valence-corrected chi connectivity index (χ0v) is 23.8. The monoisotopic (exact) mass is 534 g/mol. The Morgan fingerprint density at radius 2 is 1.38 bits per heavy atom. The lowest BCUT2D eigenvalue weighted by Crippen LogP contribution is -2.26. The van der Waals surface area contributed by atoms with Crippen LogP contribution in [-0.2, 0) is 30.0 Å². The first-order valence-electron chi connectivity index (χ1n) is 13.2. The normalized spacial score (nSPS) is 14.8. The number of carbonyl (C=O) groups is 2. The molecule has 4 aromatic rings. The minimum Gasteiger partial charge on any atom is -0.492 e. The van der Waals surface area contributed by atoms with E-state index in [9.17, 15) is 9.59 Å². The van der Waals surface area contributed by atoms with Crippen LogP contribution in [0, 0.1) is 0 Å². The van der Waals surface area contributed by atoms with Crippen molar-refractivity contribution in [2.75, 3.05) is 14.2 Å². The predicted molar refractivity (Wildman–Crippen MR) is 161 cm³/mol. The maximum absolute atomic E-state index is 14.4. The van der Waals surface area contributed by atoms with Gasteiger partial charge in [0.05, 0.1) is 30.9 Å². The summed E-state index contributed by atoms with van der Waals surface area (Å²) in [5.74, 6) is -0.875. The molecule has 0 bridgehead atoms. The van der Waals surface area contributed by atoms with Crippen LogP contribution in [-0.4, -0.2) is 35.3 Å². The van der Waals surface area contributed by atoms with Crippen LogP contribution in [0.15, 0.2) is 91.6 Å². The molecule has 0 unspecified atom stereocenters. The Balaban J connectivity index is 1.83. The van der Waals surface area contributed by atoms with Crippen LogP contribution >= 0.6 is 0 Å². The van der Waals surface area contributed by atoms with Crippen molar-refractivity contribution < 1.29 is 19.1 Å². The van der Waals surface area contributed by atoms with Gasteiger partial charge in [-0.05, 0) is 26.0 Å². The van der Waals surface area contributed by atoms with Crippen molar-refractivity contribution in [2.24, 2.45) is 0 Å². The summed E-state index contributed by atoms with van der Waals surface area (Å²) in [5.41, 5.74) is 3.08. The number of nitrogens with zero attached hydrogens (tertiary/aromatic N) is 1. The number of H-pyrrole nitrogens is 1. The Morgan fingerprint density at radius 1 is 0.800 bits per heavy atom. The molecule has 2 aromatic carbocycles. The van der Waals surface area contributed by atoms with E-state index in [-0.39, 0.29) is 22.7 Å². The summed E-state index contributed by atoms with van der Waals surface area (Å²) in [4.78, 5) is 32.3. The van der Waals surface area contributed by atoms with E-state index in [4.69, 9.17) is 9.47 Å². The van der Waals surface area contributed by atoms with E-state index in [1.807, 2.05) is 94.6 Å². The smallest absolute Gasteiger partial charge is 0.232 e. The van der Waals surface area contributed by atoms with E-state index in [2.05, 4.69) is 22.7 Å². The molecule has 0 aliphatic heterocycles. The van der Waals surface area contributed by atoms with Crippen molar-refractivity contribution in [3.05, 3.63) is 108 Å². The molecule has 0 saturated heterocycles. The molecule has 0 atom stereocenters. The average molecular weight is 535 g/mol. The topological polar surface area (TPSA) is 73.3 Å². The molecule has 6 nitrogen and oxygen atoms in total. The molecule has 0 amide bonds. The molecule has 0 fully saturated rings. The minimum absolute atomic E-state index is 0.0206. The molecule has 0 radical (unpaired) electrons. The molecular formula is C34H34N2O4. The van der Waals surface area contributed by atoms with Gasteiger partial charge in [0.2, 0.25) is 11.6 Å². The molecule has 0 spiro atoms. The van der Waals surface area contributed by atoms with Gasteiger partial charge in [0.15, 0.2) is 11.5 Å². The van der Waals surface area contributed by atoms with E-state index in [0.717, 1.165) is 27.5 Å². The summed E-state index contributed by atoms with van der Waals surface area (Å²) < 4.78 is 13.6. The number of nitrogens with one attached hydrogen (secondary N) is 1. The highest BCUT2D eigenvalue weighted by atomic mass is 16.5. The Hall–Kier alpha value is -4.58. The van der Waals surface area contributed by atoms with E-state index in [1.54, 1.807) is 0 Å². The summed E-state index contributed by atoms with van der Waals surface area (Å²) in [6.45, 7) is 16.1. The van der Waals surface area contributed by atoms with Crippen molar-refractivity contribution in [3.8, 4) is 0 Å². The van der Waals surface area contributed by atoms with Crippen LogP contribution in [0.4, 0.5) is 0 Å². The molecule has 40 heavy (non-hydrogen) atoms. The zero-order valence-electron chi connectivity index (χ0n) is 23.8. The molecule has 2 aromatic heterocycles. The number of benzene rings is 2. The van der Waals surface area contributed by atoms with Gasteiger partial charge < -0.3 is 19.0 Å². The van der Waals surface area contributed by atoms with Crippen molar-refractivity contribution in [3.63, 3.8) is 0 Å². The van der Waals surface area contributed by atoms with Gasteiger partial charge in [-0.15, -0.1) is 13.2 Å². The molecule has 1 aliphatic rings. The largest absolute Gasteiger partial charge is 0.492 e. The third kappa shape index (κ3) is 3.86. The van der Waals surface area contributed by atoms with Gasteiger partial charge in [0.1, 0.15) is 0 Å². The summed E-state index contributed by atoms with van der Waals surface area (Å²) in [7, 11) is 2.85. The fraction of sp³-hybridized carbons (Fsp3) is 0.235. The second-order valence-electron chi connectivity index (χ2n) is 11.1. The highest BCUT2D eigenvalue weighted by Crippen LogP contribution is 2.44. The predicted octanol–water partition coefficient (Wildman–Crippen LogP) is 7.07. The van der Waals surface area contributed by atoms with Gasteiger partial charge in [-0.25, -0.2) is 0 Å². The number of methoxy groups -OCH3 is 2. The number of Topliss-reactive ketones (excluding diaryl/α,β-unsaturated/α-hetero) is 2. The lowest BCUT2D eigenvalue weighted by molar-refractivity contribution is -0.117. The molecule has 6 heteroatoms. The van der Waals surface area contributed by atoms with E-state index in [0.29, 0.717) is 11.1 Å². The summed E-state index contributed by atoms with van der Waals surface area (Å²) in [6, 6.07) is 15.5. The number of hydrogen-bond donors (Lipinski definition) is 1. The minimum atomic E-state index is -0.537. The number of para-hydroxylation sites is 2. The maximum atomic E-state index is 14.4.